The molecule has 166 valence electrons. The lowest BCUT2D eigenvalue weighted by molar-refractivity contribution is -0.132. The highest BCUT2D eigenvalue weighted by Gasteiger charge is 2.50. The van der Waals surface area contributed by atoms with Crippen molar-refractivity contribution in [2.24, 2.45) is 7.05 Å². The maximum atomic E-state index is 12.9. The van der Waals surface area contributed by atoms with Crippen LogP contribution in [0.4, 0.5) is 4.79 Å². The van der Waals surface area contributed by atoms with Gasteiger partial charge in [0.1, 0.15) is 16.1 Å². The summed E-state index contributed by atoms with van der Waals surface area (Å²) in [4.78, 5) is 38.1. The molecule has 11 heteroatoms. The molecule has 1 unspecified atom stereocenters. The number of carbonyl (C=O) groups is 3. The quantitative estimate of drug-likeness (QED) is 0.617. The summed E-state index contributed by atoms with van der Waals surface area (Å²) >= 11 is 0. The molecule has 0 aliphatic carbocycles. The van der Waals surface area contributed by atoms with Gasteiger partial charge >= 0.3 is 6.03 Å². The maximum absolute atomic E-state index is 12.9. The van der Waals surface area contributed by atoms with Gasteiger partial charge in [-0.15, -0.1) is 0 Å². The van der Waals surface area contributed by atoms with Crippen LogP contribution in [0.1, 0.15) is 36.8 Å². The summed E-state index contributed by atoms with van der Waals surface area (Å²) < 4.78 is 28.1. The lowest BCUT2D eigenvalue weighted by Crippen LogP contribution is -2.48. The van der Waals surface area contributed by atoms with Gasteiger partial charge in [0.2, 0.25) is 10.0 Å². The number of carbonyl (C=O) groups excluding carboxylic acids is 3. The average molecular weight is 448 g/mol. The lowest BCUT2D eigenvalue weighted by atomic mass is 9.92. The van der Waals surface area contributed by atoms with Crippen LogP contribution in [0.2, 0.25) is 0 Å². The number of aromatic nitrogens is 1. The number of nitrogens with one attached hydrogen (secondary N) is 2. The third kappa shape index (κ3) is 3.81. The van der Waals surface area contributed by atoms with Crippen LogP contribution >= 0.6 is 0 Å². The number of hydrazine groups is 1. The highest BCUT2D eigenvalue weighted by atomic mass is 32.2. The number of rotatable bonds is 7. The number of aryl methyl sites for hydroxylation is 1. The monoisotopic (exact) mass is 447 g/mol. The van der Waals surface area contributed by atoms with Crippen LogP contribution in [0.15, 0.2) is 47.5 Å². The second-order valence-corrected chi connectivity index (χ2v) is 9.20. The first kappa shape index (κ1) is 22.5. The normalized spacial score (nSPS) is 19.1. The Morgan fingerprint density at radius 2 is 1.77 bits per heavy atom. The van der Waals surface area contributed by atoms with E-state index in [1.54, 1.807) is 51.1 Å². The van der Waals surface area contributed by atoms with Crippen molar-refractivity contribution in [3.8, 4) is 0 Å². The Labute approximate surface area is 180 Å². The maximum Gasteiger partial charge on any atom is 0.344 e. The summed E-state index contributed by atoms with van der Waals surface area (Å²) in [6, 6.07) is 9.10. The molecule has 10 nitrogen and oxygen atoms in total. The molecule has 2 aromatic rings. The second kappa shape index (κ2) is 8.16. The van der Waals surface area contributed by atoms with Crippen molar-refractivity contribution in [3.63, 3.8) is 0 Å². The lowest BCUT2D eigenvalue weighted by Gasteiger charge is -2.22. The van der Waals surface area contributed by atoms with Crippen molar-refractivity contribution in [3.05, 3.63) is 53.9 Å². The summed E-state index contributed by atoms with van der Waals surface area (Å²) in [5, 5.41) is 3.20. The molecule has 1 aliphatic heterocycles. The smallest absolute Gasteiger partial charge is 0.344 e. The molecule has 2 N–H and O–H groups in total. The van der Waals surface area contributed by atoms with Crippen LogP contribution in [0, 0.1) is 0 Å². The van der Waals surface area contributed by atoms with Gasteiger partial charge in [0.05, 0.1) is 0 Å². The molecule has 2 heterocycles. The van der Waals surface area contributed by atoms with E-state index in [9.17, 15) is 22.8 Å². The van der Waals surface area contributed by atoms with Crippen LogP contribution in [0.3, 0.4) is 0 Å². The van der Waals surface area contributed by atoms with Crippen LogP contribution in [-0.4, -0.2) is 53.2 Å². The summed E-state index contributed by atoms with van der Waals surface area (Å²) in [6.45, 7) is 5.56. The van der Waals surface area contributed by atoms with Gasteiger partial charge in [-0.2, -0.15) is 9.31 Å². The van der Waals surface area contributed by atoms with Gasteiger partial charge in [0.25, 0.3) is 11.8 Å². The molecule has 0 bridgehead atoms. The van der Waals surface area contributed by atoms with Gasteiger partial charge in [-0.25, -0.2) is 13.2 Å². The van der Waals surface area contributed by atoms with Crippen molar-refractivity contribution in [1.82, 2.24) is 24.6 Å². The third-order valence-electron chi connectivity index (χ3n) is 5.31. The van der Waals surface area contributed by atoms with E-state index in [1.807, 2.05) is 0 Å². The molecule has 0 spiro atoms. The zero-order valence-electron chi connectivity index (χ0n) is 17.7. The minimum Gasteiger partial charge on any atom is -0.345 e. The highest BCUT2D eigenvalue weighted by Crippen LogP contribution is 2.28. The number of nitrogens with zero attached hydrogens (tertiary/aromatic N) is 3. The highest BCUT2D eigenvalue weighted by molar-refractivity contribution is 7.89. The molecule has 4 amide bonds. The van der Waals surface area contributed by atoms with E-state index in [4.69, 9.17) is 0 Å². The summed E-state index contributed by atoms with van der Waals surface area (Å²) in [7, 11) is -2.26. The molecule has 0 radical (unpaired) electrons. The average Bonchev–Trinajstić information content (AvgIpc) is 3.23. The molecule has 1 aromatic heterocycles. The predicted molar refractivity (Wildman–Crippen MR) is 112 cm³/mol. The predicted octanol–water partition coefficient (Wildman–Crippen LogP) is 1.17. The van der Waals surface area contributed by atoms with Crippen LogP contribution < -0.4 is 10.7 Å². The van der Waals surface area contributed by atoms with E-state index in [0.29, 0.717) is 10.6 Å². The Morgan fingerprint density at radius 3 is 2.35 bits per heavy atom. The van der Waals surface area contributed by atoms with Gasteiger partial charge in [-0.05, 0) is 18.6 Å². The van der Waals surface area contributed by atoms with Crippen molar-refractivity contribution in [2.75, 3.05) is 13.1 Å². The van der Waals surface area contributed by atoms with E-state index in [-0.39, 0.29) is 23.7 Å². The fraction of sp³-hybridized carbons (Fsp3) is 0.350. The zero-order chi connectivity index (χ0) is 23.0. The van der Waals surface area contributed by atoms with Crippen LogP contribution in [-0.2, 0) is 27.4 Å². The molecule has 0 saturated carbocycles. The number of sulfonamides is 1. The Morgan fingerprint density at radius 1 is 1.16 bits per heavy atom. The third-order valence-corrected chi connectivity index (χ3v) is 7.33. The first-order valence-electron chi connectivity index (χ1n) is 9.76. The summed E-state index contributed by atoms with van der Waals surface area (Å²) in [5.74, 6) is -1.44. The van der Waals surface area contributed by atoms with Crippen molar-refractivity contribution < 1.29 is 22.8 Å². The minimum atomic E-state index is -3.77. The molecule has 3 rings (SSSR count). The molecular formula is C20H25N5O5S. The van der Waals surface area contributed by atoms with Gasteiger partial charge < -0.3 is 9.88 Å². The first-order valence-corrected chi connectivity index (χ1v) is 11.2. The Kier molecular flexibility index (Phi) is 5.92. The molecule has 1 atom stereocenters. The van der Waals surface area contributed by atoms with Crippen LogP contribution in [0.5, 0.6) is 0 Å². The molecule has 31 heavy (non-hydrogen) atoms. The standard InChI is InChI=1S/C20H25N5O5S/c1-5-24(6-2)31(29,30)15-12-16(23(4)13-15)17(26)22-25-18(27)20(3,21-19(25)28)14-10-8-7-9-11-14/h7-13H,5-6H2,1-4H3,(H,21,28)(H,22,26). The van der Waals surface area contributed by atoms with Gasteiger partial charge in [-0.3, -0.25) is 15.0 Å². The SMILES string of the molecule is CCN(CC)S(=O)(=O)c1cc(C(=O)NN2C(=O)NC(C)(c3ccccc3)C2=O)n(C)c1. The zero-order valence-corrected chi connectivity index (χ0v) is 18.6. The summed E-state index contributed by atoms with van der Waals surface area (Å²) in [5.41, 5.74) is 1.50. The van der Waals surface area contributed by atoms with Gasteiger partial charge in [0.15, 0.2) is 0 Å². The molecular weight excluding hydrogens is 422 g/mol. The fourth-order valence-electron chi connectivity index (χ4n) is 3.48. The van der Waals surface area contributed by atoms with E-state index in [1.165, 1.54) is 28.2 Å². The Balaban J connectivity index is 1.85. The van der Waals surface area contributed by atoms with E-state index in [2.05, 4.69) is 10.7 Å². The number of benzene rings is 1. The van der Waals surface area contributed by atoms with Crippen molar-refractivity contribution >= 4 is 27.9 Å². The Bertz CT molecular complexity index is 1120. The number of hydrogen-bond acceptors (Lipinski definition) is 5. The van der Waals surface area contributed by atoms with Crippen molar-refractivity contribution in [1.29, 1.82) is 0 Å². The van der Waals surface area contributed by atoms with E-state index in [0.717, 1.165) is 0 Å². The van der Waals surface area contributed by atoms with E-state index >= 15 is 0 Å². The summed E-state index contributed by atoms with van der Waals surface area (Å²) in [6.07, 6.45) is 1.32. The van der Waals surface area contributed by atoms with Gasteiger partial charge in [-0.1, -0.05) is 44.2 Å². The second-order valence-electron chi connectivity index (χ2n) is 7.26. The Hall–Kier alpha value is -3.18. The fourth-order valence-corrected chi connectivity index (χ4v) is 5.01. The molecule has 1 saturated heterocycles. The first-order chi connectivity index (χ1) is 14.6. The number of imide groups is 1. The van der Waals surface area contributed by atoms with E-state index < -0.39 is 33.4 Å². The van der Waals surface area contributed by atoms with Crippen molar-refractivity contribution in [2.45, 2.75) is 31.2 Å². The topological polar surface area (TPSA) is 121 Å². The minimum absolute atomic E-state index is 0.0142. The molecule has 1 aromatic carbocycles. The number of hydrogen-bond donors (Lipinski definition) is 2. The number of amides is 4. The van der Waals surface area contributed by atoms with Crippen LogP contribution in [0.25, 0.3) is 0 Å². The van der Waals surface area contributed by atoms with Gasteiger partial charge in [0, 0.05) is 26.3 Å². The largest absolute Gasteiger partial charge is 0.345 e. The number of urea groups is 1. The molecule has 1 aliphatic rings. The molecule has 1 fully saturated rings.